The minimum absolute atomic E-state index is 1.32. The summed E-state index contributed by atoms with van der Waals surface area (Å²) in [4.78, 5) is 0. The van der Waals surface area contributed by atoms with Crippen molar-refractivity contribution in [2.24, 2.45) is 0 Å². The fraction of sp³-hybridized carbons (Fsp3) is 1.00. The zero-order valence-corrected chi connectivity index (χ0v) is 38.5. The van der Waals surface area contributed by atoms with Crippen LogP contribution in [0.25, 0.3) is 0 Å². The summed E-state index contributed by atoms with van der Waals surface area (Å²) in [5.41, 5.74) is 0. The van der Waals surface area contributed by atoms with Crippen LogP contribution in [0.15, 0.2) is 0 Å². The van der Waals surface area contributed by atoms with Gasteiger partial charge in [0.15, 0.2) is 0 Å². The lowest BCUT2D eigenvalue weighted by atomic mass is 11.8. The molecule has 0 atom stereocenters. The SMILES string of the molecule is C[Si](C)(C)[Si]1([Si](C)(C)C)[Si](C)(C)[Si](C)(C)[Si](C)(C)[Si](C)(C)[Si]([Si](C)(C)C)([Si](C)(C)C)[Si]1(C)C. The molecule has 0 radical (unpaired) electrons. The molecule has 1 rings (SSSR count). The van der Waals surface area contributed by atoms with Crippen molar-refractivity contribution >= 4 is 78.2 Å². The zero-order valence-electron chi connectivity index (χ0n) is 27.5. The summed E-state index contributed by atoms with van der Waals surface area (Å²) < 4.78 is 0. The first-order chi connectivity index (χ1) is 13.8. The Morgan fingerprint density at radius 1 is 0.242 bits per heavy atom. The van der Waals surface area contributed by atoms with E-state index in [0.29, 0.717) is 0 Å². The molecule has 0 aromatic rings. The molecule has 0 aromatic heterocycles. The highest BCUT2D eigenvalue weighted by Crippen LogP contribution is 2.60. The van der Waals surface area contributed by atoms with Gasteiger partial charge in [0.25, 0.3) is 0 Å². The summed E-state index contributed by atoms with van der Waals surface area (Å²) in [6.07, 6.45) is -2.88. The first kappa shape index (κ1) is 33.4. The summed E-state index contributed by atoms with van der Waals surface area (Å²) in [6.45, 7) is 66.7. The van der Waals surface area contributed by atoms with Crippen LogP contribution < -0.4 is 0 Å². The van der Waals surface area contributed by atoms with Crippen LogP contribution in [-0.4, -0.2) is 78.2 Å². The van der Waals surface area contributed by atoms with Crippen molar-refractivity contribution in [2.45, 2.75) is 144 Å². The van der Waals surface area contributed by atoms with E-state index in [2.05, 4.69) is 144 Å². The van der Waals surface area contributed by atoms with E-state index in [4.69, 9.17) is 0 Å². The summed E-state index contributed by atoms with van der Waals surface area (Å²) in [7, 11) is -12.2. The minimum Gasteiger partial charge on any atom is -0.0742 e. The Hall–Kier alpha value is 2.39. The molecule has 0 amide bonds. The van der Waals surface area contributed by atoms with Crippen LogP contribution >= 0.6 is 0 Å². The fourth-order valence-electron chi connectivity index (χ4n) is 14.1. The van der Waals surface area contributed by atoms with Crippen LogP contribution in [0.2, 0.25) is 144 Å². The van der Waals surface area contributed by atoms with Gasteiger partial charge in [-0.25, -0.2) is 0 Å². The zero-order chi connectivity index (χ0) is 27.5. The van der Waals surface area contributed by atoms with E-state index in [1.807, 2.05) is 0 Å². The molecule has 0 aromatic carbocycles. The predicted molar refractivity (Wildman–Crippen MR) is 192 cm³/mol. The van der Waals surface area contributed by atoms with Gasteiger partial charge in [0.2, 0.25) is 0 Å². The molecule has 1 aliphatic heterocycles. The maximum Gasteiger partial charge on any atom is 0.0308 e. The number of hydrogen-bond acceptors (Lipinski definition) is 0. The highest BCUT2D eigenvalue weighted by molar-refractivity contribution is 8.35. The lowest BCUT2D eigenvalue weighted by Gasteiger charge is -2.75. The standard InChI is InChI=1S/C22H66Si11/c1-23(2,3)32(24(4,5)6)29(17,18)27(13,14)28(15,16)30(19,20)33(25(7,8)9,26(10,11)12)31(32,21)22/h1-22H3. The first-order valence-electron chi connectivity index (χ1n) is 13.8. The van der Waals surface area contributed by atoms with E-state index in [1.165, 1.54) is 0 Å². The molecule has 33 heavy (non-hydrogen) atoms. The van der Waals surface area contributed by atoms with Crippen LogP contribution in [0.5, 0.6) is 0 Å². The normalized spacial score (nSPS) is 28.2. The van der Waals surface area contributed by atoms with Gasteiger partial charge >= 0.3 is 0 Å². The van der Waals surface area contributed by atoms with Crippen molar-refractivity contribution in [1.29, 1.82) is 0 Å². The predicted octanol–water partition coefficient (Wildman–Crippen LogP) is 8.65. The molecule has 0 nitrogen and oxygen atoms in total. The summed E-state index contributed by atoms with van der Waals surface area (Å²) in [5, 5.41) is 0. The molecular formula is C22H66Si11. The molecule has 0 bridgehead atoms. The molecule has 1 saturated heterocycles. The van der Waals surface area contributed by atoms with E-state index < -0.39 is 78.2 Å². The lowest BCUT2D eigenvalue weighted by molar-refractivity contribution is 1.75. The van der Waals surface area contributed by atoms with Crippen molar-refractivity contribution in [3.8, 4) is 0 Å². The smallest absolute Gasteiger partial charge is 0.0308 e. The summed E-state index contributed by atoms with van der Waals surface area (Å²) in [6, 6.07) is 0. The topological polar surface area (TPSA) is 0 Å². The van der Waals surface area contributed by atoms with E-state index in [0.717, 1.165) is 0 Å². The maximum absolute atomic E-state index is 3.21. The van der Waals surface area contributed by atoms with Crippen LogP contribution in [0.4, 0.5) is 0 Å². The van der Waals surface area contributed by atoms with Gasteiger partial charge in [-0.1, -0.05) is 144 Å². The van der Waals surface area contributed by atoms with Crippen molar-refractivity contribution < 1.29 is 0 Å². The van der Waals surface area contributed by atoms with Crippen molar-refractivity contribution in [3.63, 3.8) is 0 Å². The van der Waals surface area contributed by atoms with Crippen LogP contribution in [0.1, 0.15) is 0 Å². The molecule has 1 fully saturated rings. The van der Waals surface area contributed by atoms with Gasteiger partial charge in [-0.2, -0.15) is 0 Å². The van der Waals surface area contributed by atoms with Gasteiger partial charge in [-0.05, 0) is 0 Å². The highest BCUT2D eigenvalue weighted by Gasteiger charge is 2.87. The van der Waals surface area contributed by atoms with E-state index in [9.17, 15) is 0 Å². The van der Waals surface area contributed by atoms with Crippen molar-refractivity contribution in [1.82, 2.24) is 0 Å². The molecule has 0 N–H and O–H groups in total. The van der Waals surface area contributed by atoms with Gasteiger partial charge in [-0.15, -0.1) is 0 Å². The van der Waals surface area contributed by atoms with Crippen LogP contribution in [0, 0.1) is 0 Å². The fourth-order valence-corrected chi connectivity index (χ4v) is 684. The summed E-state index contributed by atoms with van der Waals surface area (Å²) >= 11 is 0. The first-order valence-corrected chi connectivity index (χ1v) is 57.8. The molecule has 0 aliphatic carbocycles. The second kappa shape index (κ2) is 8.20. The Labute approximate surface area is 220 Å². The van der Waals surface area contributed by atoms with Gasteiger partial charge in [-0.3, -0.25) is 0 Å². The monoisotopic (exact) mass is 638 g/mol. The Kier molecular flexibility index (Phi) is 8.30. The van der Waals surface area contributed by atoms with Crippen molar-refractivity contribution in [2.75, 3.05) is 0 Å². The Morgan fingerprint density at radius 3 is 0.515 bits per heavy atom. The van der Waals surface area contributed by atoms with E-state index in [-0.39, 0.29) is 0 Å². The molecule has 1 aliphatic rings. The molecule has 198 valence electrons. The molecule has 0 saturated carbocycles. The third kappa shape index (κ3) is 3.51. The third-order valence-corrected chi connectivity index (χ3v) is 346. The quantitative estimate of drug-likeness (QED) is 0.270. The average Bonchev–Trinajstić information content (AvgIpc) is 2.38. The Balaban J connectivity index is 4.95. The van der Waals surface area contributed by atoms with Crippen molar-refractivity contribution in [3.05, 3.63) is 0 Å². The minimum atomic E-state index is -1.47. The molecular weight excluding hydrogens is 573 g/mol. The van der Waals surface area contributed by atoms with Gasteiger partial charge in [0.1, 0.15) is 0 Å². The largest absolute Gasteiger partial charge is 0.0742 e. The van der Waals surface area contributed by atoms with Gasteiger partial charge in [0, 0.05) is 78.2 Å². The Bertz CT molecular complexity index is 674. The number of rotatable bonds is 4. The Morgan fingerprint density at radius 2 is 0.394 bits per heavy atom. The third-order valence-electron chi connectivity index (χ3n) is 12.9. The second-order valence-corrected chi connectivity index (χ2v) is 155. The second-order valence-electron chi connectivity index (χ2n) is 18.6. The molecule has 0 unspecified atom stereocenters. The molecule has 1 heterocycles. The molecule has 0 spiro atoms. The average molecular weight is 640 g/mol. The van der Waals surface area contributed by atoms with E-state index >= 15 is 0 Å². The lowest BCUT2D eigenvalue weighted by Crippen LogP contribution is -3.06. The van der Waals surface area contributed by atoms with Crippen LogP contribution in [0.3, 0.4) is 0 Å². The highest BCUT2D eigenvalue weighted by atomic mass is 30.5. The van der Waals surface area contributed by atoms with E-state index in [1.54, 1.807) is 0 Å². The van der Waals surface area contributed by atoms with Crippen LogP contribution in [-0.2, 0) is 0 Å². The van der Waals surface area contributed by atoms with Gasteiger partial charge < -0.3 is 0 Å². The maximum atomic E-state index is 3.21. The molecule has 11 heteroatoms. The van der Waals surface area contributed by atoms with Gasteiger partial charge in [0.05, 0.1) is 0 Å². The number of hydrogen-bond donors (Lipinski definition) is 0. The summed E-state index contributed by atoms with van der Waals surface area (Å²) in [5.74, 6) is 0.